The van der Waals surface area contributed by atoms with E-state index in [2.05, 4.69) is 0 Å². The van der Waals surface area contributed by atoms with Crippen LogP contribution in [-0.4, -0.2) is 44.1 Å². The van der Waals surface area contributed by atoms with Crippen molar-refractivity contribution in [1.82, 2.24) is 8.87 Å². The van der Waals surface area contributed by atoms with Gasteiger partial charge in [-0.25, -0.2) is 8.42 Å². The lowest BCUT2D eigenvalue weighted by Gasteiger charge is -2.16. The average Bonchev–Trinajstić information content (AvgIpc) is 3.19. The van der Waals surface area contributed by atoms with Crippen LogP contribution in [0.2, 0.25) is 0 Å². The van der Waals surface area contributed by atoms with Crippen molar-refractivity contribution in [1.29, 1.82) is 0 Å². The van der Waals surface area contributed by atoms with Gasteiger partial charge in [-0.05, 0) is 31.7 Å². The second-order valence-electron chi connectivity index (χ2n) is 5.50. The molecule has 0 aliphatic heterocycles. The van der Waals surface area contributed by atoms with Crippen LogP contribution < -0.4 is 5.73 Å². The van der Waals surface area contributed by atoms with E-state index in [4.69, 9.17) is 10.5 Å². The lowest BCUT2D eigenvalue weighted by Crippen LogP contribution is -2.30. The first-order chi connectivity index (χ1) is 9.98. The van der Waals surface area contributed by atoms with Crippen LogP contribution >= 0.6 is 0 Å². The molecule has 0 aromatic carbocycles. The van der Waals surface area contributed by atoms with Gasteiger partial charge in [0, 0.05) is 45.2 Å². The molecule has 2 N–H and O–H groups in total. The van der Waals surface area contributed by atoms with Gasteiger partial charge in [0.25, 0.3) is 0 Å². The van der Waals surface area contributed by atoms with Gasteiger partial charge in [0.1, 0.15) is 4.90 Å². The number of sulfonamides is 1. The maximum absolute atomic E-state index is 12.5. The SMILES string of the molecule is CCn1cc(S(=O)(=O)N(C)CCOCC2CC2)cc1CN. The molecule has 0 bridgehead atoms. The van der Waals surface area contributed by atoms with Gasteiger partial charge < -0.3 is 15.0 Å². The van der Waals surface area contributed by atoms with E-state index >= 15 is 0 Å². The second-order valence-corrected chi connectivity index (χ2v) is 7.55. The Balaban J connectivity index is 1.96. The first-order valence-corrected chi connectivity index (χ1v) is 8.86. The smallest absolute Gasteiger partial charge is 0.244 e. The third-order valence-corrected chi connectivity index (χ3v) is 5.64. The Hall–Kier alpha value is -0.890. The Morgan fingerprint density at radius 1 is 1.48 bits per heavy atom. The number of hydrogen-bond donors (Lipinski definition) is 1. The zero-order valence-corrected chi connectivity index (χ0v) is 13.6. The lowest BCUT2D eigenvalue weighted by atomic mass is 10.4. The molecule has 0 spiro atoms. The molecule has 1 aromatic heterocycles. The van der Waals surface area contributed by atoms with Gasteiger partial charge in [-0.15, -0.1) is 0 Å². The number of hydrogen-bond acceptors (Lipinski definition) is 4. The zero-order valence-electron chi connectivity index (χ0n) is 12.8. The van der Waals surface area contributed by atoms with Crippen molar-refractivity contribution in [2.24, 2.45) is 11.7 Å². The molecular weight excluding hydrogens is 290 g/mol. The molecule has 1 aliphatic rings. The highest BCUT2D eigenvalue weighted by Crippen LogP contribution is 2.28. The summed E-state index contributed by atoms with van der Waals surface area (Å²) in [5.74, 6) is 0.692. The highest BCUT2D eigenvalue weighted by atomic mass is 32.2. The van der Waals surface area contributed by atoms with Gasteiger partial charge in [0.2, 0.25) is 10.0 Å². The van der Waals surface area contributed by atoms with Crippen molar-refractivity contribution >= 4 is 10.0 Å². The van der Waals surface area contributed by atoms with E-state index in [9.17, 15) is 8.42 Å². The van der Waals surface area contributed by atoms with Crippen molar-refractivity contribution < 1.29 is 13.2 Å². The molecule has 0 atom stereocenters. The Morgan fingerprint density at radius 3 is 2.71 bits per heavy atom. The lowest BCUT2D eigenvalue weighted by molar-refractivity contribution is 0.117. The maximum atomic E-state index is 12.5. The van der Waals surface area contributed by atoms with Crippen LogP contribution in [0.25, 0.3) is 0 Å². The molecule has 1 aromatic rings. The molecule has 1 saturated carbocycles. The predicted molar refractivity (Wildman–Crippen MR) is 81.4 cm³/mol. The molecule has 0 saturated heterocycles. The summed E-state index contributed by atoms with van der Waals surface area (Å²) >= 11 is 0. The van der Waals surface area contributed by atoms with Crippen LogP contribution in [0.4, 0.5) is 0 Å². The first-order valence-electron chi connectivity index (χ1n) is 7.42. The van der Waals surface area contributed by atoms with E-state index in [1.807, 2.05) is 11.5 Å². The number of likely N-dealkylation sites (N-methyl/N-ethyl adjacent to an activating group) is 1. The summed E-state index contributed by atoms with van der Waals surface area (Å²) in [7, 11) is -1.88. The summed E-state index contributed by atoms with van der Waals surface area (Å²) in [4.78, 5) is 0.300. The minimum absolute atomic E-state index is 0.300. The molecule has 0 unspecified atom stereocenters. The molecule has 1 fully saturated rings. The van der Waals surface area contributed by atoms with Gasteiger partial charge in [-0.1, -0.05) is 0 Å². The molecule has 0 radical (unpaired) electrons. The van der Waals surface area contributed by atoms with Crippen LogP contribution in [-0.2, 0) is 27.8 Å². The number of nitrogens with two attached hydrogens (primary N) is 1. The monoisotopic (exact) mass is 315 g/mol. The molecule has 0 amide bonds. The van der Waals surface area contributed by atoms with E-state index in [-0.39, 0.29) is 0 Å². The normalized spacial score (nSPS) is 15.8. The molecule has 6 nitrogen and oxygen atoms in total. The van der Waals surface area contributed by atoms with E-state index in [0.29, 0.717) is 37.1 Å². The van der Waals surface area contributed by atoms with Crippen molar-refractivity contribution in [3.63, 3.8) is 0 Å². The summed E-state index contributed by atoms with van der Waals surface area (Å²) in [6, 6.07) is 1.65. The van der Waals surface area contributed by atoms with Crippen molar-refractivity contribution in [3.05, 3.63) is 18.0 Å². The summed E-state index contributed by atoms with van der Waals surface area (Å²) in [6.07, 6.45) is 4.13. The highest BCUT2D eigenvalue weighted by Gasteiger charge is 2.24. The zero-order chi connectivity index (χ0) is 15.5. The van der Waals surface area contributed by atoms with Crippen LogP contribution in [0.15, 0.2) is 17.2 Å². The van der Waals surface area contributed by atoms with Gasteiger partial charge in [0.05, 0.1) is 6.61 Å². The quantitative estimate of drug-likeness (QED) is 0.690. The van der Waals surface area contributed by atoms with Gasteiger partial charge in [-0.2, -0.15) is 4.31 Å². The third-order valence-electron chi connectivity index (χ3n) is 3.82. The molecule has 1 aliphatic carbocycles. The number of ether oxygens (including phenoxy) is 1. The van der Waals surface area contributed by atoms with Crippen LogP contribution in [0.3, 0.4) is 0 Å². The maximum Gasteiger partial charge on any atom is 0.244 e. The van der Waals surface area contributed by atoms with Gasteiger partial charge in [0.15, 0.2) is 0 Å². The Morgan fingerprint density at radius 2 is 2.19 bits per heavy atom. The number of nitrogens with zero attached hydrogens (tertiary/aromatic N) is 2. The molecular formula is C14H25N3O3S. The van der Waals surface area contributed by atoms with Gasteiger partial charge >= 0.3 is 0 Å². The molecule has 21 heavy (non-hydrogen) atoms. The van der Waals surface area contributed by atoms with Crippen molar-refractivity contribution in [2.45, 2.75) is 37.8 Å². The number of rotatable bonds is 9. The van der Waals surface area contributed by atoms with Crippen molar-refractivity contribution in [2.75, 3.05) is 26.8 Å². The first kappa shape index (κ1) is 16.5. The Kier molecular flexibility index (Phi) is 5.43. The van der Waals surface area contributed by atoms with E-state index in [1.54, 1.807) is 19.3 Å². The summed E-state index contributed by atoms with van der Waals surface area (Å²) in [5.41, 5.74) is 6.47. The summed E-state index contributed by atoms with van der Waals surface area (Å²) < 4.78 is 33.7. The highest BCUT2D eigenvalue weighted by molar-refractivity contribution is 7.89. The van der Waals surface area contributed by atoms with Crippen LogP contribution in [0.5, 0.6) is 0 Å². The molecule has 2 rings (SSSR count). The molecule has 120 valence electrons. The third kappa shape index (κ3) is 4.06. The summed E-state index contributed by atoms with van der Waals surface area (Å²) in [5, 5.41) is 0. The number of aryl methyl sites for hydroxylation is 1. The fourth-order valence-corrected chi connectivity index (χ4v) is 3.38. The topological polar surface area (TPSA) is 77.6 Å². The molecule has 7 heteroatoms. The second kappa shape index (κ2) is 6.91. The van der Waals surface area contributed by atoms with Crippen LogP contribution in [0.1, 0.15) is 25.5 Å². The average molecular weight is 315 g/mol. The minimum Gasteiger partial charge on any atom is -0.380 e. The molecule has 1 heterocycles. The largest absolute Gasteiger partial charge is 0.380 e. The van der Waals surface area contributed by atoms with Crippen molar-refractivity contribution in [3.8, 4) is 0 Å². The van der Waals surface area contributed by atoms with E-state index < -0.39 is 10.0 Å². The predicted octanol–water partition coefficient (Wildman–Crippen LogP) is 1.01. The Bertz CT molecular complexity index is 543. The van der Waals surface area contributed by atoms with E-state index in [0.717, 1.165) is 12.3 Å². The standard InChI is InChI=1S/C14H25N3O3S/c1-3-17-10-14(8-13(17)9-15)21(18,19)16(2)6-7-20-11-12-4-5-12/h8,10,12H,3-7,9,11,15H2,1-2H3. The fraction of sp³-hybridized carbons (Fsp3) is 0.714. The van der Waals surface area contributed by atoms with E-state index in [1.165, 1.54) is 17.1 Å². The minimum atomic E-state index is -3.47. The summed E-state index contributed by atoms with van der Waals surface area (Å²) in [6.45, 7) is 4.55. The fourth-order valence-electron chi connectivity index (χ4n) is 2.16. The van der Waals surface area contributed by atoms with Gasteiger partial charge in [-0.3, -0.25) is 0 Å². The Labute approximate surface area is 126 Å². The van der Waals surface area contributed by atoms with Crippen LogP contribution in [0, 0.1) is 5.92 Å². The number of aromatic nitrogens is 1.